The first-order valence-electron chi connectivity index (χ1n) is 19.2. The summed E-state index contributed by atoms with van der Waals surface area (Å²) in [6, 6.07) is 1.14. The molecule has 0 unspecified atom stereocenters. The quantitative estimate of drug-likeness (QED) is 0.279. The number of esters is 1. The van der Waals surface area contributed by atoms with E-state index in [0.717, 1.165) is 25.0 Å². The highest BCUT2D eigenvalue weighted by Crippen LogP contribution is 2.58. The molecular formula is C40H49F2N3O8S. The van der Waals surface area contributed by atoms with Gasteiger partial charge in [-0.15, -0.1) is 0 Å². The number of fused-ring (bicyclic) bond motifs is 5. The maximum absolute atomic E-state index is 14.7. The number of halogens is 2. The molecule has 7 rings (SSSR count). The Labute approximate surface area is 314 Å². The van der Waals surface area contributed by atoms with E-state index in [9.17, 15) is 36.4 Å². The second-order valence-corrected chi connectivity index (χ2v) is 19.0. The molecule has 54 heavy (non-hydrogen) atoms. The van der Waals surface area contributed by atoms with Crippen molar-refractivity contribution in [2.75, 3.05) is 6.54 Å². The topological polar surface area (TPSA) is 149 Å². The molecule has 1 N–H and O–H groups in total. The molecular weight excluding hydrogens is 721 g/mol. The molecule has 4 heterocycles. The van der Waals surface area contributed by atoms with Crippen LogP contribution in [0.5, 0.6) is 5.75 Å². The number of allylic oxidation sites excluding steroid dienone is 2. The number of rotatable bonds is 6. The SMILES string of the molecule is Cc1nc2cc(F)c(F)cc2c2c1O[C@]1(CC2)C[C@H]2C(=O)C[C@]3(C(=O)NS(=O)(=O)C4(C)CC4)C[C@H]3/C=C\CCCCC[C@H](CC(=O)OC(C)C)C(=O)N2C1. The number of hydrogen-bond acceptors (Lipinski definition) is 9. The maximum atomic E-state index is 14.7. The number of Topliss-reactive ketones (excluding diaryl/α,β-unsaturated/α-hetero) is 1. The van der Waals surface area contributed by atoms with Crippen LogP contribution in [0.25, 0.3) is 10.9 Å². The normalized spacial score (nSPS) is 30.1. The minimum Gasteiger partial charge on any atom is -0.483 e. The Hall–Kier alpha value is -3.94. The van der Waals surface area contributed by atoms with E-state index in [4.69, 9.17) is 9.47 Å². The van der Waals surface area contributed by atoms with Crippen molar-refractivity contribution in [2.45, 2.75) is 134 Å². The molecule has 5 atom stereocenters. The van der Waals surface area contributed by atoms with E-state index in [1.165, 1.54) is 4.90 Å². The fraction of sp³-hybridized carbons (Fsp3) is 0.625. The molecule has 2 aromatic rings. The predicted molar refractivity (Wildman–Crippen MR) is 195 cm³/mol. The standard InChI is InChI=1S/C40H49F2N3O8S/c1-23(2)52-34(47)16-25-10-8-6-5-7-9-11-26-19-40(26,37(49)44-54(50,51)38(4)14-15-38)21-33(46)32-20-39(22-45(32)36(25)48)13-12-27-28-17-29(41)30(42)18-31(28)43-24(3)35(27)53-39/h9,11,17-18,23,25-26,32H,5-8,10,12-16,19-22H2,1-4H3,(H,44,49)/b11-9-/t25-,26-,32+,39-,40-/m1/s1. The van der Waals surface area contributed by atoms with Gasteiger partial charge in [-0.05, 0) is 91.0 Å². The molecule has 3 aliphatic heterocycles. The Bertz CT molecular complexity index is 2050. The van der Waals surface area contributed by atoms with Gasteiger partial charge in [-0.1, -0.05) is 25.0 Å². The van der Waals surface area contributed by atoms with Crippen molar-refractivity contribution >= 4 is 44.5 Å². The smallest absolute Gasteiger partial charge is 0.306 e. The zero-order valence-corrected chi connectivity index (χ0v) is 32.2. The number of pyridine rings is 1. The van der Waals surface area contributed by atoms with Crippen molar-refractivity contribution in [1.29, 1.82) is 0 Å². The number of carbonyl (C=O) groups is 4. The lowest BCUT2D eigenvalue weighted by atomic mass is 9.85. The highest BCUT2D eigenvalue weighted by atomic mass is 32.2. The molecule has 2 amide bonds. The number of ether oxygens (including phenoxy) is 2. The van der Waals surface area contributed by atoms with E-state index in [0.29, 0.717) is 79.3 Å². The number of benzene rings is 1. The third-order valence-electron chi connectivity index (χ3n) is 12.3. The Morgan fingerprint density at radius 3 is 2.56 bits per heavy atom. The van der Waals surface area contributed by atoms with Crippen molar-refractivity contribution in [2.24, 2.45) is 17.3 Å². The van der Waals surface area contributed by atoms with E-state index in [1.807, 2.05) is 12.2 Å². The van der Waals surface area contributed by atoms with Gasteiger partial charge in [-0.2, -0.15) is 0 Å². The first-order valence-corrected chi connectivity index (χ1v) is 20.7. The molecule has 11 nitrogen and oxygen atoms in total. The minimum atomic E-state index is -3.97. The molecule has 5 aliphatic rings. The van der Waals surface area contributed by atoms with Crippen molar-refractivity contribution < 1.29 is 45.9 Å². The number of amides is 2. The number of nitrogens with zero attached hydrogens (tertiary/aromatic N) is 2. The van der Waals surface area contributed by atoms with Crippen molar-refractivity contribution in [1.82, 2.24) is 14.6 Å². The minimum absolute atomic E-state index is 0.0158. The third-order valence-corrected chi connectivity index (χ3v) is 14.4. The average Bonchev–Trinajstić information content (AvgIpc) is 3.99. The molecule has 0 radical (unpaired) electrons. The summed E-state index contributed by atoms with van der Waals surface area (Å²) in [5.74, 6) is -4.73. The predicted octanol–water partition coefficient (Wildman–Crippen LogP) is 5.93. The summed E-state index contributed by atoms with van der Waals surface area (Å²) >= 11 is 0. The van der Waals surface area contributed by atoms with Crippen LogP contribution in [0.4, 0.5) is 8.78 Å². The second-order valence-electron chi connectivity index (χ2n) is 16.8. The summed E-state index contributed by atoms with van der Waals surface area (Å²) in [6.45, 7) is 6.79. The Balaban J connectivity index is 1.24. The van der Waals surface area contributed by atoms with Gasteiger partial charge < -0.3 is 14.4 Å². The van der Waals surface area contributed by atoms with Gasteiger partial charge in [0.05, 0.1) is 46.5 Å². The lowest BCUT2D eigenvalue weighted by Crippen LogP contribution is -2.48. The first kappa shape index (κ1) is 38.3. The van der Waals surface area contributed by atoms with Gasteiger partial charge in [0.15, 0.2) is 17.4 Å². The molecule has 1 saturated heterocycles. The summed E-state index contributed by atoms with van der Waals surface area (Å²) in [4.78, 5) is 62.3. The molecule has 2 aliphatic carbocycles. The number of sulfonamides is 1. The second kappa shape index (κ2) is 14.0. The largest absolute Gasteiger partial charge is 0.483 e. The molecule has 1 spiro atoms. The van der Waals surface area contributed by atoms with Crippen molar-refractivity contribution in [3.8, 4) is 5.75 Å². The van der Waals surface area contributed by atoms with Gasteiger partial charge in [0.2, 0.25) is 21.8 Å². The summed E-state index contributed by atoms with van der Waals surface area (Å²) in [6.07, 6.45) is 8.46. The molecule has 292 valence electrons. The summed E-state index contributed by atoms with van der Waals surface area (Å²) in [5.41, 5.74) is -0.951. The average molecular weight is 770 g/mol. The van der Waals surface area contributed by atoms with Gasteiger partial charge in [-0.3, -0.25) is 23.9 Å². The Morgan fingerprint density at radius 1 is 1.09 bits per heavy atom. The first-order chi connectivity index (χ1) is 25.5. The van der Waals surface area contributed by atoms with Crippen LogP contribution in [0.2, 0.25) is 0 Å². The molecule has 2 saturated carbocycles. The van der Waals surface area contributed by atoms with Crippen LogP contribution in [0, 0.1) is 35.8 Å². The van der Waals surface area contributed by atoms with Crippen LogP contribution in [0.3, 0.4) is 0 Å². The van der Waals surface area contributed by atoms with Crippen LogP contribution in [0.1, 0.15) is 109 Å². The lowest BCUT2D eigenvalue weighted by Gasteiger charge is -2.36. The van der Waals surface area contributed by atoms with Crippen LogP contribution in [0.15, 0.2) is 24.3 Å². The zero-order chi connectivity index (χ0) is 38.8. The van der Waals surface area contributed by atoms with Crippen LogP contribution < -0.4 is 9.46 Å². The van der Waals surface area contributed by atoms with Gasteiger partial charge in [0, 0.05) is 35.8 Å². The molecule has 0 bridgehead atoms. The number of aryl methyl sites for hydroxylation is 2. The van der Waals surface area contributed by atoms with Gasteiger partial charge in [-0.25, -0.2) is 22.2 Å². The lowest BCUT2D eigenvalue weighted by molar-refractivity contribution is -0.153. The van der Waals surface area contributed by atoms with Gasteiger partial charge in [0.1, 0.15) is 11.4 Å². The fourth-order valence-corrected chi connectivity index (χ4v) is 10.0. The highest BCUT2D eigenvalue weighted by Gasteiger charge is 2.63. The van der Waals surface area contributed by atoms with Gasteiger partial charge in [0.25, 0.3) is 0 Å². The molecule has 1 aromatic carbocycles. The summed E-state index contributed by atoms with van der Waals surface area (Å²) < 4.78 is 68.4. The number of nitrogens with one attached hydrogen (secondary N) is 1. The third kappa shape index (κ3) is 7.14. The van der Waals surface area contributed by atoms with E-state index >= 15 is 0 Å². The van der Waals surface area contributed by atoms with Crippen molar-refractivity contribution in [3.63, 3.8) is 0 Å². The molecule has 1 aromatic heterocycles. The summed E-state index contributed by atoms with van der Waals surface area (Å²) in [5, 5.41) is 0.420. The number of ketones is 1. The monoisotopic (exact) mass is 769 g/mol. The number of aromatic nitrogens is 1. The van der Waals surface area contributed by atoms with E-state index in [-0.39, 0.29) is 49.5 Å². The molecule has 3 fully saturated rings. The van der Waals surface area contributed by atoms with Gasteiger partial charge >= 0.3 is 5.97 Å². The fourth-order valence-electron chi connectivity index (χ4n) is 8.67. The van der Waals surface area contributed by atoms with E-state index in [1.54, 1.807) is 27.7 Å². The molecule has 14 heteroatoms. The zero-order valence-electron chi connectivity index (χ0n) is 31.3. The number of carbonyl (C=O) groups excluding carboxylic acids is 4. The van der Waals surface area contributed by atoms with E-state index in [2.05, 4.69) is 9.71 Å². The van der Waals surface area contributed by atoms with Crippen LogP contribution >= 0.6 is 0 Å². The van der Waals surface area contributed by atoms with Crippen LogP contribution in [-0.2, 0) is 40.4 Å². The Kier molecular flexibility index (Phi) is 9.92. The number of hydrogen-bond donors (Lipinski definition) is 1. The highest BCUT2D eigenvalue weighted by molar-refractivity contribution is 7.91. The maximum Gasteiger partial charge on any atom is 0.306 e. The Morgan fingerprint density at radius 2 is 1.83 bits per heavy atom. The van der Waals surface area contributed by atoms with E-state index < -0.39 is 61.3 Å². The van der Waals surface area contributed by atoms with Crippen molar-refractivity contribution in [3.05, 3.63) is 47.2 Å². The summed E-state index contributed by atoms with van der Waals surface area (Å²) in [7, 11) is -3.97. The van der Waals surface area contributed by atoms with Crippen LogP contribution in [-0.4, -0.2) is 70.9 Å².